The largest absolute Gasteiger partial charge is 0.444 e. The Kier molecular flexibility index (Phi) is 3.97. The summed E-state index contributed by atoms with van der Waals surface area (Å²) in [5.74, 6) is 0. The van der Waals surface area contributed by atoms with Gasteiger partial charge in [-0.2, -0.15) is 0 Å². The van der Waals surface area contributed by atoms with E-state index in [1.807, 2.05) is 20.8 Å². The van der Waals surface area contributed by atoms with Gasteiger partial charge in [0.05, 0.1) is 12.6 Å². The van der Waals surface area contributed by atoms with Crippen LogP contribution in [0.25, 0.3) is 0 Å². The van der Waals surface area contributed by atoms with E-state index in [2.05, 4.69) is 6.58 Å². The minimum Gasteiger partial charge on any atom is -0.444 e. The lowest BCUT2D eigenvalue weighted by Gasteiger charge is -2.29. The maximum atomic E-state index is 11.9. The van der Waals surface area contributed by atoms with E-state index in [1.165, 1.54) is 0 Å². The fourth-order valence-corrected chi connectivity index (χ4v) is 1.84. The first kappa shape index (κ1) is 13.0. The average molecular weight is 227 g/mol. The van der Waals surface area contributed by atoms with Crippen molar-refractivity contribution in [1.82, 2.24) is 4.90 Å². The van der Waals surface area contributed by atoms with Gasteiger partial charge in [0.25, 0.3) is 0 Å². The lowest BCUT2D eigenvalue weighted by atomic mass is 10.1. The normalized spacial score (nSPS) is 21.0. The van der Waals surface area contributed by atoms with E-state index in [-0.39, 0.29) is 18.7 Å². The number of likely N-dealkylation sites (tertiary alicyclic amines) is 1. The van der Waals surface area contributed by atoms with Crippen LogP contribution in [-0.4, -0.2) is 40.9 Å². The minimum absolute atomic E-state index is 0.0696. The van der Waals surface area contributed by atoms with Crippen LogP contribution in [0.3, 0.4) is 0 Å². The highest BCUT2D eigenvalue weighted by Gasteiger charge is 2.33. The van der Waals surface area contributed by atoms with E-state index in [4.69, 9.17) is 9.84 Å². The third-order valence-electron chi connectivity index (χ3n) is 2.56. The highest BCUT2D eigenvalue weighted by Crippen LogP contribution is 2.24. The standard InChI is InChI=1S/C12H21NO3/c1-9(8-14)10-6-5-7-13(10)11(15)16-12(2,3)4/h10,14H,1,5-8H2,2-4H3. The molecule has 0 aromatic carbocycles. The molecule has 1 saturated heterocycles. The van der Waals surface area contributed by atoms with Crippen LogP contribution in [0.5, 0.6) is 0 Å². The van der Waals surface area contributed by atoms with E-state index in [0.29, 0.717) is 12.1 Å². The number of aliphatic hydroxyl groups is 1. The van der Waals surface area contributed by atoms with Gasteiger partial charge in [-0.05, 0) is 39.2 Å². The number of carbonyl (C=O) groups is 1. The molecule has 0 aromatic heterocycles. The van der Waals surface area contributed by atoms with Crippen molar-refractivity contribution in [2.45, 2.75) is 45.3 Å². The Morgan fingerprint density at radius 2 is 2.19 bits per heavy atom. The third-order valence-corrected chi connectivity index (χ3v) is 2.56. The van der Waals surface area contributed by atoms with Crippen molar-refractivity contribution in [1.29, 1.82) is 0 Å². The summed E-state index contributed by atoms with van der Waals surface area (Å²) >= 11 is 0. The summed E-state index contributed by atoms with van der Waals surface area (Å²) in [6.45, 7) is 9.92. The van der Waals surface area contributed by atoms with Crippen LogP contribution in [0.1, 0.15) is 33.6 Å². The summed E-state index contributed by atoms with van der Waals surface area (Å²) in [4.78, 5) is 13.5. The highest BCUT2D eigenvalue weighted by atomic mass is 16.6. The van der Waals surface area contributed by atoms with Crippen LogP contribution < -0.4 is 0 Å². The second-order valence-corrected chi connectivity index (χ2v) is 5.15. The molecule has 16 heavy (non-hydrogen) atoms. The zero-order valence-electron chi connectivity index (χ0n) is 10.3. The van der Waals surface area contributed by atoms with Gasteiger partial charge >= 0.3 is 6.09 Å². The first-order chi connectivity index (χ1) is 7.35. The van der Waals surface area contributed by atoms with Crippen LogP contribution in [-0.2, 0) is 4.74 Å². The van der Waals surface area contributed by atoms with Crippen molar-refractivity contribution in [2.24, 2.45) is 0 Å². The van der Waals surface area contributed by atoms with Crippen LogP contribution >= 0.6 is 0 Å². The van der Waals surface area contributed by atoms with Gasteiger partial charge in [-0.3, -0.25) is 0 Å². The molecule has 1 aliphatic rings. The lowest BCUT2D eigenvalue weighted by molar-refractivity contribution is 0.0244. The van der Waals surface area contributed by atoms with E-state index in [9.17, 15) is 4.79 Å². The number of rotatable bonds is 2. The van der Waals surface area contributed by atoms with Crippen molar-refractivity contribution < 1.29 is 14.6 Å². The van der Waals surface area contributed by atoms with Crippen LogP contribution in [0.2, 0.25) is 0 Å². The molecule has 1 aliphatic heterocycles. The Morgan fingerprint density at radius 3 is 2.69 bits per heavy atom. The van der Waals surface area contributed by atoms with Gasteiger partial charge in [0.1, 0.15) is 5.60 Å². The predicted octanol–water partition coefficient (Wildman–Crippen LogP) is 1.93. The molecule has 4 nitrogen and oxygen atoms in total. The lowest BCUT2D eigenvalue weighted by Crippen LogP contribution is -2.40. The van der Waals surface area contributed by atoms with E-state index in [0.717, 1.165) is 12.8 Å². The number of aliphatic hydroxyl groups excluding tert-OH is 1. The fraction of sp³-hybridized carbons (Fsp3) is 0.750. The number of hydrogen-bond acceptors (Lipinski definition) is 3. The molecule has 1 heterocycles. The second kappa shape index (κ2) is 4.87. The topological polar surface area (TPSA) is 49.8 Å². The van der Waals surface area contributed by atoms with Gasteiger partial charge in [-0.25, -0.2) is 4.79 Å². The molecule has 0 radical (unpaired) electrons. The molecule has 1 fully saturated rings. The molecule has 1 N–H and O–H groups in total. The Bertz CT molecular complexity index is 280. The monoisotopic (exact) mass is 227 g/mol. The molecule has 1 rings (SSSR count). The molecule has 92 valence electrons. The molecular formula is C12H21NO3. The van der Waals surface area contributed by atoms with E-state index < -0.39 is 5.60 Å². The van der Waals surface area contributed by atoms with Gasteiger partial charge < -0.3 is 14.7 Å². The Labute approximate surface area is 96.9 Å². The van der Waals surface area contributed by atoms with Crippen molar-refractivity contribution in [3.63, 3.8) is 0 Å². The molecule has 4 heteroatoms. The van der Waals surface area contributed by atoms with Crippen molar-refractivity contribution in [3.8, 4) is 0 Å². The van der Waals surface area contributed by atoms with Crippen molar-refractivity contribution in [3.05, 3.63) is 12.2 Å². The third kappa shape index (κ3) is 3.23. The quantitative estimate of drug-likeness (QED) is 0.733. The Balaban J connectivity index is 2.65. The molecule has 0 saturated carbocycles. The Morgan fingerprint density at radius 1 is 1.56 bits per heavy atom. The molecule has 0 bridgehead atoms. The van der Waals surface area contributed by atoms with Gasteiger partial charge in [-0.15, -0.1) is 0 Å². The van der Waals surface area contributed by atoms with Gasteiger partial charge in [0.15, 0.2) is 0 Å². The van der Waals surface area contributed by atoms with Crippen molar-refractivity contribution >= 4 is 6.09 Å². The SMILES string of the molecule is C=C(CO)C1CCCN1C(=O)OC(C)(C)C. The van der Waals surface area contributed by atoms with Crippen LogP contribution in [0.4, 0.5) is 4.79 Å². The summed E-state index contributed by atoms with van der Waals surface area (Å²) in [7, 11) is 0. The summed E-state index contributed by atoms with van der Waals surface area (Å²) in [6.07, 6.45) is 1.48. The summed E-state index contributed by atoms with van der Waals surface area (Å²) < 4.78 is 5.31. The van der Waals surface area contributed by atoms with Gasteiger partial charge in [0, 0.05) is 6.54 Å². The first-order valence-electron chi connectivity index (χ1n) is 5.63. The summed E-state index contributed by atoms with van der Waals surface area (Å²) in [6, 6.07) is -0.0696. The molecule has 0 aliphatic carbocycles. The fourth-order valence-electron chi connectivity index (χ4n) is 1.84. The van der Waals surface area contributed by atoms with E-state index in [1.54, 1.807) is 4.90 Å². The summed E-state index contributed by atoms with van der Waals surface area (Å²) in [5, 5.41) is 9.05. The number of nitrogens with zero attached hydrogens (tertiary/aromatic N) is 1. The zero-order valence-corrected chi connectivity index (χ0v) is 10.3. The summed E-state index contributed by atoms with van der Waals surface area (Å²) in [5.41, 5.74) is 0.202. The molecule has 1 unspecified atom stereocenters. The molecule has 1 amide bonds. The van der Waals surface area contributed by atoms with Gasteiger partial charge in [-0.1, -0.05) is 6.58 Å². The zero-order chi connectivity index (χ0) is 12.3. The predicted molar refractivity (Wildman–Crippen MR) is 62.2 cm³/mol. The van der Waals surface area contributed by atoms with Crippen molar-refractivity contribution in [2.75, 3.05) is 13.2 Å². The number of ether oxygens (including phenoxy) is 1. The molecular weight excluding hydrogens is 206 g/mol. The first-order valence-corrected chi connectivity index (χ1v) is 5.63. The maximum absolute atomic E-state index is 11.9. The highest BCUT2D eigenvalue weighted by molar-refractivity contribution is 5.69. The van der Waals surface area contributed by atoms with Crippen LogP contribution in [0.15, 0.2) is 12.2 Å². The van der Waals surface area contributed by atoms with E-state index >= 15 is 0 Å². The van der Waals surface area contributed by atoms with Crippen LogP contribution in [0, 0.1) is 0 Å². The number of hydrogen-bond donors (Lipinski definition) is 1. The molecule has 1 atom stereocenters. The smallest absolute Gasteiger partial charge is 0.410 e. The molecule has 0 spiro atoms. The molecule has 0 aromatic rings. The number of amides is 1. The second-order valence-electron chi connectivity index (χ2n) is 5.15. The maximum Gasteiger partial charge on any atom is 0.410 e. The average Bonchev–Trinajstić information content (AvgIpc) is 2.62. The minimum atomic E-state index is -0.481. The van der Waals surface area contributed by atoms with Gasteiger partial charge in [0.2, 0.25) is 0 Å². The Hall–Kier alpha value is -1.03. The number of carbonyl (C=O) groups excluding carboxylic acids is 1.